The Hall–Kier alpha value is -1.93. The van der Waals surface area contributed by atoms with Gasteiger partial charge in [-0.25, -0.2) is 0 Å². The molecule has 2 aliphatic heterocycles. The van der Waals surface area contributed by atoms with Crippen molar-refractivity contribution in [3.8, 4) is 5.75 Å². The van der Waals surface area contributed by atoms with Crippen molar-refractivity contribution in [3.05, 3.63) is 42.5 Å². The van der Waals surface area contributed by atoms with Crippen molar-refractivity contribution in [2.45, 2.75) is 95.7 Å². The van der Waals surface area contributed by atoms with Gasteiger partial charge in [-0.2, -0.15) is 0 Å². The third-order valence-electron chi connectivity index (χ3n) is 8.41. The van der Waals surface area contributed by atoms with E-state index >= 15 is 0 Å². The fourth-order valence-corrected chi connectivity index (χ4v) is 6.27. The van der Waals surface area contributed by atoms with Gasteiger partial charge in [0.1, 0.15) is 18.5 Å². The maximum absolute atomic E-state index is 11.6. The molecule has 1 aliphatic carbocycles. The quantitative estimate of drug-likeness (QED) is 0.320. The number of ether oxygens (including phenoxy) is 4. The molecule has 38 heavy (non-hydrogen) atoms. The van der Waals surface area contributed by atoms with E-state index in [4.69, 9.17) is 18.9 Å². The van der Waals surface area contributed by atoms with Crippen molar-refractivity contribution in [1.82, 2.24) is 0 Å². The molecule has 7 nitrogen and oxygen atoms in total. The fourth-order valence-electron chi connectivity index (χ4n) is 6.27. The summed E-state index contributed by atoms with van der Waals surface area (Å²) in [6.45, 7) is 3.66. The molecule has 0 aromatic heterocycles. The molecule has 0 spiro atoms. The van der Waals surface area contributed by atoms with Crippen LogP contribution >= 0.6 is 0 Å². The number of fused-ring (bicyclic) bond motifs is 1. The molecule has 7 heteroatoms. The second kappa shape index (κ2) is 15.0. The van der Waals surface area contributed by atoms with Gasteiger partial charge in [0.15, 0.2) is 6.29 Å². The van der Waals surface area contributed by atoms with Crippen LogP contribution in [0.4, 0.5) is 0 Å². The average molecular weight is 531 g/mol. The Kier molecular flexibility index (Phi) is 11.5. The first-order valence-electron chi connectivity index (χ1n) is 14.7. The molecule has 3 aliphatic rings. The van der Waals surface area contributed by atoms with E-state index in [9.17, 15) is 15.0 Å². The number of hydrogen-bond acceptors (Lipinski definition) is 6. The molecule has 0 amide bonds. The normalized spacial score (nSPS) is 31.4. The standard InChI is InChI=1S/C31H46O7/c1-2-8-23(31(33)34)14-12-22-13-16-26-27(17-15-24(32)21-36-25-9-4-3-5-10-25)29(19-28(26)37-20-22)38-30-11-6-7-18-35-30/h3-5,9-10,15,17,22-24,26-30,32H,2,6-8,11-14,16,18-21H2,1H3,(H,33,34)/t22-,23?,24-,26-,27-,28+,29-,30?/m1/s1. The van der Waals surface area contributed by atoms with Gasteiger partial charge in [0.05, 0.1) is 18.1 Å². The first-order valence-corrected chi connectivity index (χ1v) is 14.7. The highest BCUT2D eigenvalue weighted by Gasteiger charge is 2.45. The topological polar surface area (TPSA) is 94.5 Å². The Morgan fingerprint density at radius 3 is 2.71 bits per heavy atom. The van der Waals surface area contributed by atoms with Gasteiger partial charge in [0.25, 0.3) is 0 Å². The van der Waals surface area contributed by atoms with Crippen LogP contribution in [0.15, 0.2) is 42.5 Å². The molecule has 8 atom stereocenters. The fraction of sp³-hybridized carbons (Fsp3) is 0.710. The smallest absolute Gasteiger partial charge is 0.306 e. The van der Waals surface area contributed by atoms with E-state index in [-0.39, 0.29) is 36.9 Å². The summed E-state index contributed by atoms with van der Waals surface area (Å²) in [4.78, 5) is 11.6. The maximum atomic E-state index is 11.6. The molecule has 2 saturated heterocycles. The number of hydrogen-bond donors (Lipinski definition) is 2. The van der Waals surface area contributed by atoms with Crippen LogP contribution in [0.25, 0.3) is 0 Å². The van der Waals surface area contributed by atoms with E-state index in [1.165, 1.54) is 0 Å². The Morgan fingerprint density at radius 1 is 1.13 bits per heavy atom. The number of carboxylic acids is 1. The summed E-state index contributed by atoms with van der Waals surface area (Å²) < 4.78 is 24.6. The summed E-state index contributed by atoms with van der Waals surface area (Å²) in [5, 5.41) is 20.2. The molecule has 3 fully saturated rings. The Balaban J connectivity index is 1.36. The van der Waals surface area contributed by atoms with Crippen LogP contribution in [0.5, 0.6) is 5.75 Å². The summed E-state index contributed by atoms with van der Waals surface area (Å²) in [5.41, 5.74) is 0. The minimum Gasteiger partial charge on any atom is -0.491 e. The molecule has 2 heterocycles. The van der Waals surface area contributed by atoms with Crippen molar-refractivity contribution in [3.63, 3.8) is 0 Å². The van der Waals surface area contributed by atoms with Gasteiger partial charge in [-0.15, -0.1) is 0 Å². The van der Waals surface area contributed by atoms with Gasteiger partial charge in [-0.3, -0.25) is 4.79 Å². The van der Waals surface area contributed by atoms with Gasteiger partial charge >= 0.3 is 5.97 Å². The Morgan fingerprint density at radius 2 is 1.97 bits per heavy atom. The minimum atomic E-state index is -0.716. The molecule has 212 valence electrons. The number of benzene rings is 1. The highest BCUT2D eigenvalue weighted by atomic mass is 16.7. The van der Waals surface area contributed by atoms with E-state index in [0.717, 1.165) is 70.1 Å². The van der Waals surface area contributed by atoms with Crippen molar-refractivity contribution in [2.24, 2.45) is 23.7 Å². The highest BCUT2D eigenvalue weighted by molar-refractivity contribution is 5.69. The number of aliphatic hydroxyl groups excluding tert-OH is 1. The van der Waals surface area contributed by atoms with E-state index in [2.05, 4.69) is 6.08 Å². The second-order valence-corrected chi connectivity index (χ2v) is 11.2. The van der Waals surface area contributed by atoms with E-state index in [0.29, 0.717) is 24.9 Å². The Bertz CT molecular complexity index is 853. The molecule has 0 bridgehead atoms. The van der Waals surface area contributed by atoms with Gasteiger partial charge in [-0.05, 0) is 75.3 Å². The van der Waals surface area contributed by atoms with Crippen LogP contribution in [-0.4, -0.2) is 60.6 Å². The van der Waals surface area contributed by atoms with Crippen LogP contribution in [0.2, 0.25) is 0 Å². The molecule has 1 saturated carbocycles. The highest BCUT2D eigenvalue weighted by Crippen LogP contribution is 2.44. The zero-order valence-electron chi connectivity index (χ0n) is 22.8. The summed E-state index contributed by atoms with van der Waals surface area (Å²) in [7, 11) is 0. The first-order chi connectivity index (χ1) is 18.5. The average Bonchev–Trinajstić information content (AvgIpc) is 3.12. The summed E-state index contributed by atoms with van der Waals surface area (Å²) in [6.07, 6.45) is 12.4. The van der Waals surface area contributed by atoms with Crippen LogP contribution in [0, 0.1) is 23.7 Å². The lowest BCUT2D eigenvalue weighted by atomic mass is 9.85. The van der Waals surface area contributed by atoms with Gasteiger partial charge in [-0.1, -0.05) is 43.7 Å². The SMILES string of the molecule is CCCC(CC[C@@H]1CC[C@@H]2[C@@H](C=C[C@@H](O)COc3ccccc3)[C@H](OC3CCCCO3)C[C@@H]2OC1)C(=O)O. The lowest BCUT2D eigenvalue weighted by Gasteiger charge is -2.29. The van der Waals surface area contributed by atoms with E-state index in [1.807, 2.05) is 43.3 Å². The molecule has 2 unspecified atom stereocenters. The monoisotopic (exact) mass is 530 g/mol. The van der Waals surface area contributed by atoms with E-state index < -0.39 is 12.1 Å². The van der Waals surface area contributed by atoms with Gasteiger partial charge in [0, 0.05) is 25.6 Å². The van der Waals surface area contributed by atoms with Crippen molar-refractivity contribution in [2.75, 3.05) is 19.8 Å². The second-order valence-electron chi connectivity index (χ2n) is 11.2. The first kappa shape index (κ1) is 29.1. The number of aliphatic carboxylic acids is 1. The number of aliphatic hydroxyl groups is 1. The number of para-hydroxylation sites is 1. The van der Waals surface area contributed by atoms with E-state index in [1.54, 1.807) is 0 Å². The Labute approximate surface area is 227 Å². The minimum absolute atomic E-state index is 0.0101. The van der Waals surface area contributed by atoms with Crippen molar-refractivity contribution < 1.29 is 34.0 Å². The zero-order chi connectivity index (χ0) is 26.7. The molecule has 1 aromatic rings. The molecule has 4 rings (SSSR count). The lowest BCUT2D eigenvalue weighted by molar-refractivity contribution is -0.193. The van der Waals surface area contributed by atoms with Crippen molar-refractivity contribution >= 4 is 5.97 Å². The molecule has 2 N–H and O–H groups in total. The molecular weight excluding hydrogens is 484 g/mol. The third kappa shape index (κ3) is 8.54. The maximum Gasteiger partial charge on any atom is 0.306 e. The number of carboxylic acid groups (broad SMARTS) is 1. The summed E-state index contributed by atoms with van der Waals surface area (Å²) >= 11 is 0. The summed E-state index contributed by atoms with van der Waals surface area (Å²) in [6, 6.07) is 9.52. The molecule has 0 radical (unpaired) electrons. The van der Waals surface area contributed by atoms with Crippen LogP contribution in [0.1, 0.15) is 71.1 Å². The third-order valence-corrected chi connectivity index (χ3v) is 8.41. The number of rotatable bonds is 13. The number of carbonyl (C=O) groups is 1. The molecular formula is C31H46O7. The predicted octanol–water partition coefficient (Wildman–Crippen LogP) is 5.61. The predicted molar refractivity (Wildman–Crippen MR) is 145 cm³/mol. The van der Waals surface area contributed by atoms with Crippen LogP contribution < -0.4 is 4.74 Å². The van der Waals surface area contributed by atoms with Crippen LogP contribution in [-0.2, 0) is 19.0 Å². The zero-order valence-corrected chi connectivity index (χ0v) is 22.8. The molecule has 1 aromatic carbocycles. The largest absolute Gasteiger partial charge is 0.491 e. The van der Waals surface area contributed by atoms with Crippen molar-refractivity contribution in [1.29, 1.82) is 0 Å². The summed E-state index contributed by atoms with van der Waals surface area (Å²) in [5.74, 6) is 0.619. The van der Waals surface area contributed by atoms with Gasteiger partial charge in [0.2, 0.25) is 0 Å². The van der Waals surface area contributed by atoms with Crippen LogP contribution in [0.3, 0.4) is 0 Å². The van der Waals surface area contributed by atoms with Gasteiger partial charge < -0.3 is 29.2 Å². The lowest BCUT2D eigenvalue weighted by Crippen LogP contribution is -2.31.